The summed E-state index contributed by atoms with van der Waals surface area (Å²) >= 11 is 0. The van der Waals surface area contributed by atoms with Crippen LogP contribution in [0.25, 0.3) is 0 Å². The highest BCUT2D eigenvalue weighted by atomic mass is 16.5. The zero-order chi connectivity index (χ0) is 22.8. The number of rotatable bonds is 5. The average Bonchev–Trinajstić information content (AvgIpc) is 2.85. The van der Waals surface area contributed by atoms with E-state index in [-0.39, 0.29) is 17.5 Å². The third-order valence-electron chi connectivity index (χ3n) is 7.54. The van der Waals surface area contributed by atoms with Crippen LogP contribution in [-0.4, -0.2) is 42.2 Å². The van der Waals surface area contributed by atoms with Gasteiger partial charge in [-0.05, 0) is 67.5 Å². The quantitative estimate of drug-likeness (QED) is 0.703. The first-order chi connectivity index (χ1) is 16.1. The number of piperidine rings is 1. The van der Waals surface area contributed by atoms with E-state index >= 15 is 0 Å². The molecule has 3 aliphatic rings. The second-order valence-electron chi connectivity index (χ2n) is 9.83. The van der Waals surface area contributed by atoms with Crippen molar-refractivity contribution in [3.63, 3.8) is 0 Å². The van der Waals surface area contributed by atoms with Gasteiger partial charge in [0.05, 0.1) is 7.11 Å². The number of urea groups is 1. The first-order valence-corrected chi connectivity index (χ1v) is 12.3. The molecule has 7 nitrogen and oxygen atoms in total. The number of fused-ring (bicyclic) bond motifs is 4. The number of likely N-dealkylation sites (tertiary alicyclic amines) is 1. The molecule has 33 heavy (non-hydrogen) atoms. The molecule has 5 rings (SSSR count). The largest absolute Gasteiger partial charge is 0.497 e. The first kappa shape index (κ1) is 21.9. The van der Waals surface area contributed by atoms with Gasteiger partial charge in [-0.1, -0.05) is 19.3 Å². The summed E-state index contributed by atoms with van der Waals surface area (Å²) < 4.78 is 7.14. The molecule has 2 aromatic rings. The van der Waals surface area contributed by atoms with Crippen molar-refractivity contribution in [1.82, 2.24) is 9.47 Å². The van der Waals surface area contributed by atoms with E-state index in [0.717, 1.165) is 35.8 Å². The minimum absolute atomic E-state index is 0.0866. The molecule has 1 aromatic heterocycles. The van der Waals surface area contributed by atoms with Gasteiger partial charge in [0.2, 0.25) is 0 Å². The van der Waals surface area contributed by atoms with Crippen LogP contribution in [-0.2, 0) is 6.54 Å². The van der Waals surface area contributed by atoms with Gasteiger partial charge in [0.25, 0.3) is 5.56 Å². The van der Waals surface area contributed by atoms with Gasteiger partial charge in [-0.25, -0.2) is 4.79 Å². The fraction of sp³-hybridized carbons (Fsp3) is 0.538. The van der Waals surface area contributed by atoms with E-state index < -0.39 is 0 Å². The maximum atomic E-state index is 13.2. The number of carbonyl (C=O) groups excluding carboxylic acids is 1. The van der Waals surface area contributed by atoms with Crippen molar-refractivity contribution in [1.29, 1.82) is 0 Å². The molecule has 0 unspecified atom stereocenters. The van der Waals surface area contributed by atoms with Gasteiger partial charge < -0.3 is 24.8 Å². The molecule has 1 saturated heterocycles. The van der Waals surface area contributed by atoms with Gasteiger partial charge in [0.15, 0.2) is 0 Å². The normalized spacial score (nSPS) is 22.4. The zero-order valence-electron chi connectivity index (χ0n) is 19.4. The number of hydrogen-bond acceptors (Lipinski definition) is 4. The number of pyridine rings is 1. The van der Waals surface area contributed by atoms with Crippen molar-refractivity contribution in [3.05, 3.63) is 52.4 Å². The standard InChI is InChI=1S/C26H34N4O3/c1-33-22-9-7-21(8-10-22)28-26(32)29-15-19-13-20(17-29)24-12-11-23(25(31)30(24)16-19)27-14-18-5-3-2-4-6-18/h7-12,18-20,27H,2-6,13-17H2,1H3,(H,28,32)/t19-,20+/m0/s1. The summed E-state index contributed by atoms with van der Waals surface area (Å²) in [5, 5.41) is 6.44. The van der Waals surface area contributed by atoms with Gasteiger partial charge in [0, 0.05) is 43.5 Å². The Kier molecular flexibility index (Phi) is 6.29. The lowest BCUT2D eigenvalue weighted by Gasteiger charge is -2.42. The number of methoxy groups -OCH3 is 1. The van der Waals surface area contributed by atoms with Crippen LogP contribution >= 0.6 is 0 Å². The number of nitrogens with one attached hydrogen (secondary N) is 2. The van der Waals surface area contributed by atoms with Gasteiger partial charge in [-0.2, -0.15) is 0 Å². The van der Waals surface area contributed by atoms with Crippen LogP contribution in [0, 0.1) is 11.8 Å². The Morgan fingerprint density at radius 1 is 1.03 bits per heavy atom. The minimum atomic E-state index is -0.0866. The van der Waals surface area contributed by atoms with E-state index in [1.165, 1.54) is 32.1 Å². The molecule has 7 heteroatoms. The molecule has 2 bridgehead atoms. The van der Waals surface area contributed by atoms with Gasteiger partial charge in [-0.3, -0.25) is 4.79 Å². The van der Waals surface area contributed by atoms with Crippen LogP contribution in [0.5, 0.6) is 5.75 Å². The van der Waals surface area contributed by atoms with Crippen molar-refractivity contribution in [2.75, 3.05) is 37.4 Å². The molecule has 1 aliphatic carbocycles. The van der Waals surface area contributed by atoms with Crippen LogP contribution in [0.4, 0.5) is 16.2 Å². The van der Waals surface area contributed by atoms with E-state index in [9.17, 15) is 9.59 Å². The van der Waals surface area contributed by atoms with Crippen LogP contribution < -0.4 is 20.9 Å². The Morgan fingerprint density at radius 2 is 1.82 bits per heavy atom. The summed E-state index contributed by atoms with van der Waals surface area (Å²) in [5.41, 5.74) is 2.62. The highest BCUT2D eigenvalue weighted by Gasteiger charge is 2.36. The van der Waals surface area contributed by atoms with Crippen molar-refractivity contribution in [3.8, 4) is 5.75 Å². The third-order valence-corrected chi connectivity index (χ3v) is 7.54. The van der Waals surface area contributed by atoms with Crippen molar-refractivity contribution >= 4 is 17.4 Å². The van der Waals surface area contributed by atoms with E-state index in [2.05, 4.69) is 16.7 Å². The molecule has 2 amide bonds. The molecular weight excluding hydrogens is 416 g/mol. The predicted molar refractivity (Wildman–Crippen MR) is 130 cm³/mol. The Hall–Kier alpha value is -2.96. The third kappa shape index (κ3) is 4.72. The summed E-state index contributed by atoms with van der Waals surface area (Å²) in [6, 6.07) is 11.3. The van der Waals surface area contributed by atoms with E-state index in [4.69, 9.17) is 4.74 Å². The molecule has 176 valence electrons. The number of nitrogens with zero attached hydrogens (tertiary/aromatic N) is 2. The molecular formula is C26H34N4O3. The summed E-state index contributed by atoms with van der Waals surface area (Å²) in [4.78, 5) is 28.0. The second kappa shape index (κ2) is 9.49. The number of hydrogen-bond donors (Lipinski definition) is 2. The highest BCUT2D eigenvalue weighted by Crippen LogP contribution is 2.36. The Bertz CT molecular complexity index is 1040. The summed E-state index contributed by atoms with van der Waals surface area (Å²) in [5.74, 6) is 1.93. The minimum Gasteiger partial charge on any atom is -0.497 e. The molecule has 1 saturated carbocycles. The van der Waals surface area contributed by atoms with Crippen molar-refractivity contribution in [2.24, 2.45) is 11.8 Å². The lowest BCUT2D eigenvalue weighted by atomic mass is 9.83. The molecule has 2 fully saturated rings. The van der Waals surface area contributed by atoms with Crippen molar-refractivity contribution in [2.45, 2.75) is 51.0 Å². The van der Waals surface area contributed by atoms with Crippen LogP contribution in [0.15, 0.2) is 41.2 Å². The van der Waals surface area contributed by atoms with Gasteiger partial charge in [-0.15, -0.1) is 0 Å². The predicted octanol–water partition coefficient (Wildman–Crippen LogP) is 4.50. The summed E-state index contributed by atoms with van der Waals surface area (Å²) in [6.45, 7) is 2.87. The summed E-state index contributed by atoms with van der Waals surface area (Å²) in [7, 11) is 1.62. The molecule has 0 spiro atoms. The Balaban J connectivity index is 1.25. The number of aromatic nitrogens is 1. The summed E-state index contributed by atoms with van der Waals surface area (Å²) in [6.07, 6.45) is 7.51. The number of benzene rings is 1. The maximum Gasteiger partial charge on any atom is 0.321 e. The molecule has 3 heterocycles. The number of amides is 2. The fourth-order valence-electron chi connectivity index (χ4n) is 5.77. The van der Waals surface area contributed by atoms with Crippen LogP contribution in [0.3, 0.4) is 0 Å². The monoisotopic (exact) mass is 450 g/mol. The first-order valence-electron chi connectivity index (χ1n) is 12.3. The van der Waals surface area contributed by atoms with Gasteiger partial charge in [0.1, 0.15) is 11.4 Å². The lowest BCUT2D eigenvalue weighted by molar-refractivity contribution is 0.139. The Labute approximate surface area is 195 Å². The number of carbonyl (C=O) groups is 1. The van der Waals surface area contributed by atoms with Crippen molar-refractivity contribution < 1.29 is 9.53 Å². The fourth-order valence-corrected chi connectivity index (χ4v) is 5.77. The van der Waals surface area contributed by atoms with Crippen LogP contribution in [0.2, 0.25) is 0 Å². The molecule has 0 radical (unpaired) electrons. The highest BCUT2D eigenvalue weighted by molar-refractivity contribution is 5.89. The van der Waals surface area contributed by atoms with E-state index in [1.54, 1.807) is 7.11 Å². The molecule has 2 N–H and O–H groups in total. The lowest BCUT2D eigenvalue weighted by Crippen LogP contribution is -2.50. The molecule has 2 aliphatic heterocycles. The van der Waals surface area contributed by atoms with Crippen LogP contribution in [0.1, 0.15) is 50.1 Å². The Morgan fingerprint density at radius 3 is 2.58 bits per heavy atom. The topological polar surface area (TPSA) is 75.6 Å². The number of anilines is 2. The maximum absolute atomic E-state index is 13.2. The van der Waals surface area contributed by atoms with Gasteiger partial charge >= 0.3 is 6.03 Å². The SMILES string of the molecule is COc1ccc(NC(=O)N2C[C@@H]3C[C@H](C2)c2ccc(NCC4CCCCC4)c(=O)n2C3)cc1. The number of ether oxygens (including phenoxy) is 1. The molecule has 1 aromatic carbocycles. The zero-order valence-corrected chi connectivity index (χ0v) is 19.4. The molecule has 2 atom stereocenters. The smallest absolute Gasteiger partial charge is 0.321 e. The second-order valence-corrected chi connectivity index (χ2v) is 9.83. The van der Waals surface area contributed by atoms with E-state index in [0.29, 0.717) is 31.5 Å². The van der Waals surface area contributed by atoms with E-state index in [1.807, 2.05) is 39.8 Å². The average molecular weight is 451 g/mol.